The highest BCUT2D eigenvalue weighted by Crippen LogP contribution is 2.11. The maximum atomic E-state index is 13.5. The van der Waals surface area contributed by atoms with E-state index in [4.69, 9.17) is 4.74 Å². The number of aliphatic imine (C=N–C) groups is 1. The summed E-state index contributed by atoms with van der Waals surface area (Å²) in [5, 5.41) is 6.24. The molecule has 0 spiro atoms. The van der Waals surface area contributed by atoms with Gasteiger partial charge in [0.2, 0.25) is 0 Å². The van der Waals surface area contributed by atoms with E-state index in [2.05, 4.69) is 20.6 Å². The van der Waals surface area contributed by atoms with Crippen molar-refractivity contribution in [3.05, 3.63) is 59.7 Å². The second kappa shape index (κ2) is 10.8. The third kappa shape index (κ3) is 6.31. The SMILES string of the molecule is CN=C(NCCc1ccc(OC)cc1)NCc1ncccc1F.I. The molecule has 0 radical (unpaired) electrons. The van der Waals surface area contributed by atoms with Crippen molar-refractivity contribution in [2.24, 2.45) is 4.99 Å². The van der Waals surface area contributed by atoms with Crippen LogP contribution in [0, 0.1) is 5.82 Å². The first-order valence-electron chi connectivity index (χ1n) is 7.39. The molecule has 0 saturated carbocycles. The number of pyridine rings is 1. The van der Waals surface area contributed by atoms with Gasteiger partial charge < -0.3 is 15.4 Å². The number of benzene rings is 1. The molecular weight excluding hydrogens is 422 g/mol. The Hall–Kier alpha value is -1.90. The van der Waals surface area contributed by atoms with Crippen molar-refractivity contribution >= 4 is 29.9 Å². The van der Waals surface area contributed by atoms with Crippen LogP contribution in [0.15, 0.2) is 47.6 Å². The number of hydrogen-bond acceptors (Lipinski definition) is 3. The number of halogens is 2. The van der Waals surface area contributed by atoms with Gasteiger partial charge in [-0.15, -0.1) is 24.0 Å². The molecule has 1 heterocycles. The zero-order valence-electron chi connectivity index (χ0n) is 13.8. The summed E-state index contributed by atoms with van der Waals surface area (Å²) in [6.45, 7) is 1.01. The van der Waals surface area contributed by atoms with E-state index < -0.39 is 0 Å². The smallest absolute Gasteiger partial charge is 0.191 e. The van der Waals surface area contributed by atoms with Crippen LogP contribution in [0.4, 0.5) is 4.39 Å². The summed E-state index contributed by atoms with van der Waals surface area (Å²) in [5.74, 6) is 1.13. The molecule has 0 amide bonds. The largest absolute Gasteiger partial charge is 0.497 e. The molecule has 0 bridgehead atoms. The summed E-state index contributed by atoms with van der Waals surface area (Å²) >= 11 is 0. The fourth-order valence-corrected chi connectivity index (χ4v) is 2.05. The molecule has 0 fully saturated rings. The topological polar surface area (TPSA) is 58.5 Å². The van der Waals surface area contributed by atoms with Gasteiger partial charge in [0, 0.05) is 19.8 Å². The second-order valence-electron chi connectivity index (χ2n) is 4.88. The predicted octanol–water partition coefficient (Wildman–Crippen LogP) is 2.76. The Bertz CT molecular complexity index is 649. The number of nitrogens with zero attached hydrogens (tertiary/aromatic N) is 2. The van der Waals surface area contributed by atoms with Crippen LogP contribution >= 0.6 is 24.0 Å². The second-order valence-corrected chi connectivity index (χ2v) is 4.88. The van der Waals surface area contributed by atoms with Crippen LogP contribution in [0.2, 0.25) is 0 Å². The van der Waals surface area contributed by atoms with Gasteiger partial charge in [0.1, 0.15) is 11.6 Å². The molecule has 0 saturated heterocycles. The Morgan fingerprint density at radius 1 is 1.21 bits per heavy atom. The molecule has 1 aromatic heterocycles. The van der Waals surface area contributed by atoms with Crippen LogP contribution in [0.5, 0.6) is 5.75 Å². The summed E-state index contributed by atoms with van der Waals surface area (Å²) in [7, 11) is 3.33. The van der Waals surface area contributed by atoms with Crippen LogP contribution in [-0.2, 0) is 13.0 Å². The zero-order chi connectivity index (χ0) is 16.5. The Labute approximate surface area is 158 Å². The molecular formula is C17H22FIN4O. The summed E-state index contributed by atoms with van der Waals surface area (Å²) in [5.41, 5.74) is 1.56. The first-order chi connectivity index (χ1) is 11.2. The Kier molecular flexibility index (Phi) is 9.06. The highest BCUT2D eigenvalue weighted by molar-refractivity contribution is 14.0. The predicted molar refractivity (Wildman–Crippen MR) is 105 cm³/mol. The summed E-state index contributed by atoms with van der Waals surface area (Å²) in [4.78, 5) is 8.11. The number of ether oxygens (including phenoxy) is 1. The van der Waals surface area contributed by atoms with Gasteiger partial charge in [0.15, 0.2) is 5.96 Å². The average molecular weight is 444 g/mol. The molecule has 0 unspecified atom stereocenters. The summed E-state index contributed by atoms with van der Waals surface area (Å²) < 4.78 is 18.6. The monoisotopic (exact) mass is 444 g/mol. The van der Waals surface area contributed by atoms with Crippen LogP contribution in [0.25, 0.3) is 0 Å². The number of methoxy groups -OCH3 is 1. The van der Waals surface area contributed by atoms with Gasteiger partial charge in [0.05, 0.1) is 19.3 Å². The van der Waals surface area contributed by atoms with Crippen LogP contribution < -0.4 is 15.4 Å². The molecule has 5 nitrogen and oxygen atoms in total. The van der Waals surface area contributed by atoms with E-state index in [1.165, 1.54) is 11.6 Å². The van der Waals surface area contributed by atoms with E-state index in [-0.39, 0.29) is 36.3 Å². The number of nitrogens with one attached hydrogen (secondary N) is 2. The van der Waals surface area contributed by atoms with Gasteiger partial charge in [-0.1, -0.05) is 12.1 Å². The number of hydrogen-bond donors (Lipinski definition) is 2. The van der Waals surface area contributed by atoms with Gasteiger partial charge in [-0.05, 0) is 36.2 Å². The maximum Gasteiger partial charge on any atom is 0.191 e. The standard InChI is InChI=1S/C17H21FN4O.HI/c1-19-17(22-12-16-15(18)4-3-10-20-16)21-11-9-13-5-7-14(23-2)8-6-13;/h3-8,10H,9,11-12H2,1-2H3,(H2,19,21,22);1H. The van der Waals surface area contributed by atoms with Crippen molar-refractivity contribution in [1.82, 2.24) is 15.6 Å². The molecule has 1 aromatic carbocycles. The van der Waals surface area contributed by atoms with Crippen molar-refractivity contribution in [3.63, 3.8) is 0 Å². The lowest BCUT2D eigenvalue weighted by molar-refractivity contribution is 0.414. The van der Waals surface area contributed by atoms with Crippen LogP contribution in [-0.4, -0.2) is 31.6 Å². The van der Waals surface area contributed by atoms with E-state index in [1.54, 1.807) is 26.4 Å². The lowest BCUT2D eigenvalue weighted by Crippen LogP contribution is -2.38. The molecule has 2 rings (SSSR count). The van der Waals surface area contributed by atoms with Gasteiger partial charge >= 0.3 is 0 Å². The normalized spacial score (nSPS) is 10.7. The molecule has 0 aliphatic heterocycles. The van der Waals surface area contributed by atoms with Gasteiger partial charge in [0.25, 0.3) is 0 Å². The van der Waals surface area contributed by atoms with Crippen molar-refractivity contribution in [3.8, 4) is 5.75 Å². The minimum absolute atomic E-state index is 0. The third-order valence-electron chi connectivity index (χ3n) is 3.35. The van der Waals surface area contributed by atoms with E-state index in [0.717, 1.165) is 18.7 Å². The van der Waals surface area contributed by atoms with Gasteiger partial charge in [-0.3, -0.25) is 9.98 Å². The fraction of sp³-hybridized carbons (Fsp3) is 0.294. The minimum Gasteiger partial charge on any atom is -0.497 e. The highest BCUT2D eigenvalue weighted by atomic mass is 127. The van der Waals surface area contributed by atoms with E-state index in [9.17, 15) is 4.39 Å². The molecule has 24 heavy (non-hydrogen) atoms. The lowest BCUT2D eigenvalue weighted by atomic mass is 10.1. The Morgan fingerprint density at radius 2 is 1.96 bits per heavy atom. The van der Waals surface area contributed by atoms with E-state index in [0.29, 0.717) is 11.7 Å². The summed E-state index contributed by atoms with van der Waals surface area (Å²) in [6.07, 6.45) is 2.42. The third-order valence-corrected chi connectivity index (χ3v) is 3.35. The zero-order valence-corrected chi connectivity index (χ0v) is 16.1. The fourth-order valence-electron chi connectivity index (χ4n) is 2.05. The Balaban J connectivity index is 0.00000288. The van der Waals surface area contributed by atoms with Crippen molar-refractivity contribution < 1.29 is 9.13 Å². The Morgan fingerprint density at radius 3 is 2.58 bits per heavy atom. The molecule has 0 aliphatic carbocycles. The molecule has 130 valence electrons. The number of guanidine groups is 1. The van der Waals surface area contributed by atoms with Crippen molar-refractivity contribution in [2.75, 3.05) is 20.7 Å². The van der Waals surface area contributed by atoms with Gasteiger partial charge in [-0.2, -0.15) is 0 Å². The van der Waals surface area contributed by atoms with E-state index in [1.807, 2.05) is 24.3 Å². The first-order valence-corrected chi connectivity index (χ1v) is 7.39. The summed E-state index contributed by atoms with van der Waals surface area (Å²) in [6, 6.07) is 10.9. The van der Waals surface area contributed by atoms with Crippen LogP contribution in [0.1, 0.15) is 11.3 Å². The molecule has 2 aromatic rings. The highest BCUT2D eigenvalue weighted by Gasteiger charge is 2.04. The average Bonchev–Trinajstić information content (AvgIpc) is 2.59. The number of aromatic nitrogens is 1. The first kappa shape index (κ1) is 20.1. The van der Waals surface area contributed by atoms with Crippen molar-refractivity contribution in [1.29, 1.82) is 0 Å². The molecule has 2 N–H and O–H groups in total. The maximum absolute atomic E-state index is 13.5. The minimum atomic E-state index is -0.325. The van der Waals surface area contributed by atoms with E-state index >= 15 is 0 Å². The van der Waals surface area contributed by atoms with Crippen molar-refractivity contribution in [2.45, 2.75) is 13.0 Å². The quantitative estimate of drug-likeness (QED) is 0.409. The van der Waals surface area contributed by atoms with Crippen LogP contribution in [0.3, 0.4) is 0 Å². The molecule has 0 aliphatic rings. The molecule has 0 atom stereocenters. The van der Waals surface area contributed by atoms with Gasteiger partial charge in [-0.25, -0.2) is 4.39 Å². The molecule has 7 heteroatoms. The number of rotatable bonds is 6. The lowest BCUT2D eigenvalue weighted by Gasteiger charge is -2.12.